The number of rotatable bonds is 3. The molecule has 3 N–H and O–H groups in total. The zero-order valence-electron chi connectivity index (χ0n) is 10.8. The maximum absolute atomic E-state index is 12.9. The van der Waals surface area contributed by atoms with E-state index < -0.39 is 0 Å². The summed E-state index contributed by atoms with van der Waals surface area (Å²) in [6.45, 7) is 5.95. The maximum atomic E-state index is 12.9. The Kier molecular flexibility index (Phi) is 4.87. The van der Waals surface area contributed by atoms with Crippen LogP contribution >= 0.6 is 15.9 Å². The van der Waals surface area contributed by atoms with Gasteiger partial charge in [0.1, 0.15) is 5.82 Å². The van der Waals surface area contributed by atoms with Crippen LogP contribution < -0.4 is 11.1 Å². The molecule has 18 heavy (non-hydrogen) atoms. The van der Waals surface area contributed by atoms with Gasteiger partial charge in [-0.1, -0.05) is 20.8 Å². The van der Waals surface area contributed by atoms with Crippen LogP contribution in [0.25, 0.3) is 0 Å². The second-order valence-corrected chi connectivity index (χ2v) is 6.20. The van der Waals surface area contributed by atoms with E-state index in [0.717, 1.165) is 0 Å². The molecule has 0 fully saturated rings. The van der Waals surface area contributed by atoms with Crippen LogP contribution in [-0.4, -0.2) is 11.9 Å². The third-order valence-electron chi connectivity index (χ3n) is 2.72. The van der Waals surface area contributed by atoms with Crippen LogP contribution in [0.1, 0.15) is 27.2 Å². The number of nitrogens with two attached hydrogens (primary N) is 1. The first-order valence-electron chi connectivity index (χ1n) is 5.70. The van der Waals surface area contributed by atoms with Gasteiger partial charge < -0.3 is 11.1 Å². The number of amides is 1. The van der Waals surface area contributed by atoms with Gasteiger partial charge in [-0.15, -0.1) is 0 Å². The number of halogens is 2. The molecule has 0 aliphatic heterocycles. The molecule has 1 unspecified atom stereocenters. The quantitative estimate of drug-likeness (QED) is 0.899. The number of carbonyl (C=O) groups excluding carboxylic acids is 1. The third kappa shape index (κ3) is 4.38. The van der Waals surface area contributed by atoms with Crippen LogP contribution in [0.5, 0.6) is 0 Å². The van der Waals surface area contributed by atoms with E-state index in [1.807, 2.05) is 20.8 Å². The number of anilines is 1. The first kappa shape index (κ1) is 15.1. The molecule has 100 valence electrons. The van der Waals surface area contributed by atoms with Gasteiger partial charge in [0.15, 0.2) is 0 Å². The van der Waals surface area contributed by atoms with E-state index >= 15 is 0 Å². The molecule has 1 aromatic carbocycles. The van der Waals surface area contributed by atoms with Gasteiger partial charge in [-0.3, -0.25) is 4.79 Å². The minimum absolute atomic E-state index is 0.128. The van der Waals surface area contributed by atoms with Gasteiger partial charge in [0, 0.05) is 16.9 Å². The first-order chi connectivity index (χ1) is 8.20. The summed E-state index contributed by atoms with van der Waals surface area (Å²) in [6.07, 6.45) is 0.229. The summed E-state index contributed by atoms with van der Waals surface area (Å²) in [7, 11) is 0. The van der Waals surface area contributed by atoms with Crippen molar-refractivity contribution in [3.63, 3.8) is 0 Å². The van der Waals surface area contributed by atoms with Gasteiger partial charge in [-0.05, 0) is 39.5 Å². The summed E-state index contributed by atoms with van der Waals surface area (Å²) in [5.41, 5.74) is 6.35. The molecule has 1 amide bonds. The molecule has 0 heterocycles. The van der Waals surface area contributed by atoms with Gasteiger partial charge in [0.2, 0.25) is 5.91 Å². The molecular weight excluding hydrogens is 299 g/mol. The molecule has 1 atom stereocenters. The minimum Gasteiger partial charge on any atom is -0.327 e. The van der Waals surface area contributed by atoms with Crippen molar-refractivity contribution in [3.8, 4) is 0 Å². The van der Waals surface area contributed by atoms with Crippen LogP contribution in [0.15, 0.2) is 22.7 Å². The number of benzene rings is 1. The monoisotopic (exact) mass is 316 g/mol. The molecule has 1 aromatic rings. The van der Waals surface area contributed by atoms with Gasteiger partial charge in [-0.25, -0.2) is 4.39 Å². The Morgan fingerprint density at radius 1 is 1.50 bits per heavy atom. The number of hydrogen-bond donors (Lipinski definition) is 2. The molecule has 5 heteroatoms. The van der Waals surface area contributed by atoms with E-state index in [9.17, 15) is 9.18 Å². The Morgan fingerprint density at radius 2 is 2.11 bits per heavy atom. The van der Waals surface area contributed by atoms with Crippen molar-refractivity contribution in [2.24, 2.45) is 11.1 Å². The highest BCUT2D eigenvalue weighted by Crippen LogP contribution is 2.24. The van der Waals surface area contributed by atoms with Gasteiger partial charge in [0.05, 0.1) is 5.69 Å². The lowest BCUT2D eigenvalue weighted by atomic mass is 9.85. The van der Waals surface area contributed by atoms with E-state index in [0.29, 0.717) is 10.2 Å². The fourth-order valence-electron chi connectivity index (χ4n) is 1.30. The molecule has 1 rings (SSSR count). The fraction of sp³-hybridized carbons (Fsp3) is 0.462. The first-order valence-corrected chi connectivity index (χ1v) is 6.50. The van der Waals surface area contributed by atoms with Crippen LogP contribution in [-0.2, 0) is 4.79 Å². The highest BCUT2D eigenvalue weighted by Gasteiger charge is 2.23. The van der Waals surface area contributed by atoms with E-state index in [1.165, 1.54) is 18.2 Å². The average molecular weight is 317 g/mol. The molecule has 0 aromatic heterocycles. The average Bonchev–Trinajstić information content (AvgIpc) is 2.20. The van der Waals surface area contributed by atoms with Crippen LogP contribution in [0, 0.1) is 11.2 Å². The van der Waals surface area contributed by atoms with Crippen LogP contribution in [0.3, 0.4) is 0 Å². The highest BCUT2D eigenvalue weighted by atomic mass is 79.9. The SMILES string of the molecule is CC(C)(C)C(N)CC(=O)Nc1ccc(F)cc1Br. The standard InChI is InChI=1S/C13H18BrFN2O/c1-13(2,3)11(16)7-12(18)17-10-5-4-8(15)6-9(10)14/h4-6,11H,7,16H2,1-3H3,(H,17,18). The molecule has 0 radical (unpaired) electrons. The van der Waals surface area contributed by atoms with Crippen molar-refractivity contribution >= 4 is 27.5 Å². The Bertz CT molecular complexity index is 443. The third-order valence-corrected chi connectivity index (χ3v) is 3.38. The number of hydrogen-bond acceptors (Lipinski definition) is 2. The highest BCUT2D eigenvalue weighted by molar-refractivity contribution is 9.10. The predicted octanol–water partition coefficient (Wildman–Crippen LogP) is 3.29. The lowest BCUT2D eigenvalue weighted by Crippen LogP contribution is -2.38. The zero-order chi connectivity index (χ0) is 13.9. The van der Waals surface area contributed by atoms with Crippen molar-refractivity contribution in [1.82, 2.24) is 0 Å². The molecule has 0 aliphatic carbocycles. The van der Waals surface area contributed by atoms with Crippen molar-refractivity contribution < 1.29 is 9.18 Å². The molecular formula is C13H18BrFN2O. The van der Waals surface area contributed by atoms with Crippen molar-refractivity contribution in [2.75, 3.05) is 5.32 Å². The summed E-state index contributed by atoms with van der Waals surface area (Å²) in [5, 5.41) is 2.71. The normalized spacial score (nSPS) is 13.2. The summed E-state index contributed by atoms with van der Waals surface area (Å²) in [6, 6.07) is 3.89. The molecule has 0 bridgehead atoms. The van der Waals surface area contributed by atoms with Crippen LogP contribution in [0.2, 0.25) is 0 Å². The smallest absolute Gasteiger partial charge is 0.225 e. The Labute approximate surface area is 115 Å². The second-order valence-electron chi connectivity index (χ2n) is 5.35. The number of nitrogens with one attached hydrogen (secondary N) is 1. The van der Waals surface area contributed by atoms with E-state index in [-0.39, 0.29) is 29.6 Å². The Balaban J connectivity index is 2.65. The summed E-state index contributed by atoms with van der Waals surface area (Å²) in [5.74, 6) is -0.531. The van der Waals surface area contributed by atoms with Gasteiger partial charge in [0.25, 0.3) is 0 Å². The summed E-state index contributed by atoms with van der Waals surface area (Å²) >= 11 is 3.20. The van der Waals surface area contributed by atoms with Crippen molar-refractivity contribution in [2.45, 2.75) is 33.2 Å². The largest absolute Gasteiger partial charge is 0.327 e. The lowest BCUT2D eigenvalue weighted by Gasteiger charge is -2.26. The fourth-order valence-corrected chi connectivity index (χ4v) is 1.75. The van der Waals surface area contributed by atoms with Crippen molar-refractivity contribution in [1.29, 1.82) is 0 Å². The molecule has 3 nitrogen and oxygen atoms in total. The number of carbonyl (C=O) groups is 1. The minimum atomic E-state index is -0.355. The van der Waals surface area contributed by atoms with Crippen LogP contribution in [0.4, 0.5) is 10.1 Å². The Hall–Kier alpha value is -0.940. The Morgan fingerprint density at radius 3 is 2.61 bits per heavy atom. The predicted molar refractivity (Wildman–Crippen MR) is 74.8 cm³/mol. The maximum Gasteiger partial charge on any atom is 0.225 e. The summed E-state index contributed by atoms with van der Waals surface area (Å²) in [4.78, 5) is 11.8. The van der Waals surface area contributed by atoms with E-state index in [4.69, 9.17) is 5.73 Å². The molecule has 0 aliphatic rings. The molecule has 0 spiro atoms. The molecule has 0 saturated carbocycles. The molecule has 0 saturated heterocycles. The van der Waals surface area contributed by atoms with Crippen molar-refractivity contribution in [3.05, 3.63) is 28.5 Å². The lowest BCUT2D eigenvalue weighted by molar-refractivity contribution is -0.117. The van der Waals surface area contributed by atoms with E-state index in [1.54, 1.807) is 0 Å². The van der Waals surface area contributed by atoms with Gasteiger partial charge >= 0.3 is 0 Å². The topological polar surface area (TPSA) is 55.1 Å². The van der Waals surface area contributed by atoms with E-state index in [2.05, 4.69) is 21.2 Å². The second kappa shape index (κ2) is 5.80. The van der Waals surface area contributed by atoms with Gasteiger partial charge in [-0.2, -0.15) is 0 Å². The zero-order valence-corrected chi connectivity index (χ0v) is 12.3. The summed E-state index contributed by atoms with van der Waals surface area (Å²) < 4.78 is 13.4.